The van der Waals surface area contributed by atoms with Crippen LogP contribution in [0.3, 0.4) is 0 Å². The fourth-order valence-electron chi connectivity index (χ4n) is 2.65. The number of amides is 1. The molecule has 4 nitrogen and oxygen atoms in total. The summed E-state index contributed by atoms with van der Waals surface area (Å²) >= 11 is 6.39. The fourth-order valence-corrected chi connectivity index (χ4v) is 2.96. The van der Waals surface area contributed by atoms with Crippen molar-refractivity contribution in [2.75, 3.05) is 30.9 Å². The van der Waals surface area contributed by atoms with Gasteiger partial charge in [0.05, 0.1) is 10.7 Å². The van der Waals surface area contributed by atoms with Gasteiger partial charge in [0.1, 0.15) is 6.04 Å². The summed E-state index contributed by atoms with van der Waals surface area (Å²) in [7, 11) is 3.79. The van der Waals surface area contributed by atoms with Crippen LogP contribution in [0.25, 0.3) is 0 Å². The second-order valence-corrected chi connectivity index (χ2v) is 6.93. The van der Waals surface area contributed by atoms with E-state index in [-0.39, 0.29) is 17.4 Å². The van der Waals surface area contributed by atoms with Crippen molar-refractivity contribution in [3.8, 4) is 0 Å². The first-order valence-corrected chi connectivity index (χ1v) is 7.13. The molecule has 0 radical (unpaired) electrons. The SMILES string of the molecule is CNC1C(=O)Nc2cc(N(C)CC(C)(C)C)c(Cl)cc21. The van der Waals surface area contributed by atoms with Crippen molar-refractivity contribution in [1.82, 2.24) is 5.32 Å². The van der Waals surface area contributed by atoms with Crippen LogP contribution in [0.4, 0.5) is 11.4 Å². The topological polar surface area (TPSA) is 44.4 Å². The minimum atomic E-state index is -0.315. The van der Waals surface area contributed by atoms with Crippen molar-refractivity contribution in [2.24, 2.45) is 5.41 Å². The number of anilines is 2. The number of fused-ring (bicyclic) bond motifs is 1. The van der Waals surface area contributed by atoms with E-state index in [4.69, 9.17) is 11.6 Å². The third-order valence-corrected chi connectivity index (χ3v) is 3.66. The highest BCUT2D eigenvalue weighted by Gasteiger charge is 2.30. The van der Waals surface area contributed by atoms with Gasteiger partial charge in [0.15, 0.2) is 0 Å². The molecule has 1 unspecified atom stereocenters. The molecule has 1 heterocycles. The van der Waals surface area contributed by atoms with Gasteiger partial charge in [-0.25, -0.2) is 0 Å². The lowest BCUT2D eigenvalue weighted by Gasteiger charge is -2.29. The lowest BCUT2D eigenvalue weighted by Crippen LogP contribution is -2.29. The van der Waals surface area contributed by atoms with E-state index in [0.29, 0.717) is 5.02 Å². The van der Waals surface area contributed by atoms with E-state index in [1.54, 1.807) is 7.05 Å². The summed E-state index contributed by atoms with van der Waals surface area (Å²) in [6, 6.07) is 3.52. The monoisotopic (exact) mass is 295 g/mol. The van der Waals surface area contributed by atoms with Crippen molar-refractivity contribution in [2.45, 2.75) is 26.8 Å². The van der Waals surface area contributed by atoms with Gasteiger partial charge in [0, 0.05) is 24.8 Å². The number of carbonyl (C=O) groups excluding carboxylic acids is 1. The second kappa shape index (κ2) is 5.26. The Morgan fingerprint density at radius 1 is 1.40 bits per heavy atom. The molecule has 1 aromatic carbocycles. The van der Waals surface area contributed by atoms with Crippen molar-refractivity contribution < 1.29 is 4.79 Å². The Hall–Kier alpha value is -1.26. The molecular weight excluding hydrogens is 274 g/mol. The molecule has 2 N–H and O–H groups in total. The predicted octanol–water partition coefficient (Wildman–Crippen LogP) is 3.03. The van der Waals surface area contributed by atoms with Gasteiger partial charge in [-0.3, -0.25) is 4.79 Å². The van der Waals surface area contributed by atoms with Crippen molar-refractivity contribution in [1.29, 1.82) is 0 Å². The summed E-state index contributed by atoms with van der Waals surface area (Å²) in [6.07, 6.45) is 0. The fraction of sp³-hybridized carbons (Fsp3) is 0.533. The third-order valence-electron chi connectivity index (χ3n) is 3.36. The largest absolute Gasteiger partial charge is 0.373 e. The van der Waals surface area contributed by atoms with Crippen LogP contribution in [0.2, 0.25) is 5.02 Å². The zero-order chi connectivity index (χ0) is 15.1. The lowest BCUT2D eigenvalue weighted by molar-refractivity contribution is -0.117. The van der Waals surface area contributed by atoms with Crippen LogP contribution in [0.1, 0.15) is 32.4 Å². The number of nitrogens with one attached hydrogen (secondary N) is 2. The summed E-state index contributed by atoms with van der Waals surface area (Å²) < 4.78 is 0. The van der Waals surface area contributed by atoms with Crippen LogP contribution in [-0.4, -0.2) is 26.5 Å². The van der Waals surface area contributed by atoms with E-state index < -0.39 is 0 Å². The van der Waals surface area contributed by atoms with Gasteiger partial charge in [-0.2, -0.15) is 0 Å². The van der Waals surface area contributed by atoms with E-state index >= 15 is 0 Å². The van der Waals surface area contributed by atoms with Crippen molar-refractivity contribution in [3.05, 3.63) is 22.7 Å². The molecule has 1 aliphatic rings. The average molecular weight is 296 g/mol. The number of benzene rings is 1. The average Bonchev–Trinajstić information content (AvgIpc) is 2.60. The van der Waals surface area contributed by atoms with Gasteiger partial charge in [0.2, 0.25) is 5.91 Å². The van der Waals surface area contributed by atoms with Crippen LogP contribution in [-0.2, 0) is 4.79 Å². The van der Waals surface area contributed by atoms with Gasteiger partial charge in [-0.1, -0.05) is 32.4 Å². The molecule has 1 aliphatic heterocycles. The molecule has 0 saturated carbocycles. The van der Waals surface area contributed by atoms with E-state index in [1.165, 1.54) is 0 Å². The molecule has 2 rings (SSSR count). The number of carbonyl (C=O) groups is 1. The smallest absolute Gasteiger partial charge is 0.246 e. The van der Waals surface area contributed by atoms with Gasteiger partial charge in [-0.05, 0) is 24.6 Å². The maximum absolute atomic E-state index is 11.9. The Labute approximate surface area is 125 Å². The normalized spacial score (nSPS) is 17.9. The zero-order valence-corrected chi connectivity index (χ0v) is 13.4. The molecule has 0 spiro atoms. The summed E-state index contributed by atoms with van der Waals surface area (Å²) in [4.78, 5) is 14.0. The minimum absolute atomic E-state index is 0.0332. The summed E-state index contributed by atoms with van der Waals surface area (Å²) in [5.74, 6) is -0.0332. The highest BCUT2D eigenvalue weighted by molar-refractivity contribution is 6.33. The number of hydrogen-bond acceptors (Lipinski definition) is 3. The second-order valence-electron chi connectivity index (χ2n) is 6.52. The zero-order valence-electron chi connectivity index (χ0n) is 12.7. The van der Waals surface area contributed by atoms with Gasteiger partial charge >= 0.3 is 0 Å². The molecule has 110 valence electrons. The summed E-state index contributed by atoms with van der Waals surface area (Å²) in [5.41, 5.74) is 2.87. The molecule has 1 aromatic rings. The summed E-state index contributed by atoms with van der Waals surface area (Å²) in [5, 5.41) is 6.57. The Kier molecular flexibility index (Phi) is 3.98. The summed E-state index contributed by atoms with van der Waals surface area (Å²) in [6.45, 7) is 7.44. The Bertz CT molecular complexity index is 537. The third kappa shape index (κ3) is 2.91. The van der Waals surface area contributed by atoms with Crippen LogP contribution in [0.15, 0.2) is 12.1 Å². The first-order valence-electron chi connectivity index (χ1n) is 6.75. The van der Waals surface area contributed by atoms with E-state index in [1.807, 2.05) is 19.2 Å². The number of likely N-dealkylation sites (N-methyl/N-ethyl adjacent to an activating group) is 1. The quantitative estimate of drug-likeness (QED) is 0.901. The van der Waals surface area contributed by atoms with E-state index in [2.05, 4.69) is 36.3 Å². The number of rotatable bonds is 3. The molecule has 0 saturated heterocycles. The van der Waals surface area contributed by atoms with Crippen LogP contribution in [0.5, 0.6) is 0 Å². The van der Waals surface area contributed by atoms with E-state index in [9.17, 15) is 4.79 Å². The molecule has 1 amide bonds. The highest BCUT2D eigenvalue weighted by Crippen LogP contribution is 2.39. The van der Waals surface area contributed by atoms with Crippen molar-refractivity contribution >= 4 is 28.9 Å². The Balaban J connectivity index is 2.35. The highest BCUT2D eigenvalue weighted by atomic mass is 35.5. The molecule has 1 atom stereocenters. The number of nitrogens with zero attached hydrogens (tertiary/aromatic N) is 1. The molecule has 0 aliphatic carbocycles. The van der Waals surface area contributed by atoms with Gasteiger partial charge in [0.25, 0.3) is 0 Å². The predicted molar refractivity (Wildman–Crippen MR) is 84.6 cm³/mol. The maximum Gasteiger partial charge on any atom is 0.246 e. The first kappa shape index (κ1) is 15.1. The Morgan fingerprint density at radius 3 is 2.60 bits per heavy atom. The van der Waals surface area contributed by atoms with Crippen LogP contribution >= 0.6 is 11.6 Å². The first-order chi connectivity index (χ1) is 9.23. The molecule has 0 bridgehead atoms. The molecule has 20 heavy (non-hydrogen) atoms. The van der Waals surface area contributed by atoms with Gasteiger partial charge < -0.3 is 15.5 Å². The molecular formula is C15H22ClN3O. The van der Waals surface area contributed by atoms with Crippen LogP contribution < -0.4 is 15.5 Å². The number of hydrogen-bond donors (Lipinski definition) is 2. The Morgan fingerprint density at radius 2 is 2.05 bits per heavy atom. The molecule has 5 heteroatoms. The van der Waals surface area contributed by atoms with E-state index in [0.717, 1.165) is 23.5 Å². The van der Waals surface area contributed by atoms with Crippen LogP contribution in [0, 0.1) is 5.41 Å². The minimum Gasteiger partial charge on any atom is -0.373 e. The molecule has 0 fully saturated rings. The number of halogens is 1. The van der Waals surface area contributed by atoms with Crippen molar-refractivity contribution in [3.63, 3.8) is 0 Å². The van der Waals surface area contributed by atoms with Gasteiger partial charge in [-0.15, -0.1) is 0 Å². The molecule has 0 aromatic heterocycles. The lowest BCUT2D eigenvalue weighted by atomic mass is 9.96. The maximum atomic E-state index is 11.9. The standard InChI is InChI=1S/C15H22ClN3O/c1-15(2,3)8-19(5)12-7-11-9(6-10(12)16)13(17-4)14(20)18-11/h6-7,13,17H,8H2,1-5H3,(H,18,20).